The summed E-state index contributed by atoms with van der Waals surface area (Å²) in [6, 6.07) is 13.2. The first kappa shape index (κ1) is 14.8. The van der Waals surface area contributed by atoms with Gasteiger partial charge in [0.25, 0.3) is 5.56 Å². The molecule has 4 aromatic rings. The fourth-order valence-electron chi connectivity index (χ4n) is 3.98. The Kier molecular flexibility index (Phi) is 2.83. The molecule has 0 aliphatic carbocycles. The summed E-state index contributed by atoms with van der Waals surface area (Å²) in [4.78, 5) is 28.2. The maximum atomic E-state index is 13.0. The van der Waals surface area contributed by atoms with Gasteiger partial charge in [-0.15, -0.1) is 0 Å². The van der Waals surface area contributed by atoms with Crippen LogP contribution in [0.3, 0.4) is 0 Å². The van der Waals surface area contributed by atoms with Gasteiger partial charge in [-0.2, -0.15) is 0 Å². The summed E-state index contributed by atoms with van der Waals surface area (Å²) >= 11 is 0. The number of fused-ring (bicyclic) bond motifs is 6. The molecule has 0 amide bonds. The number of aromatic amines is 1. The van der Waals surface area contributed by atoms with E-state index in [1.54, 1.807) is 24.3 Å². The third-order valence-electron chi connectivity index (χ3n) is 5.14. The number of carboxylic acid groups (broad SMARTS) is 1. The molecule has 1 atom stereocenters. The van der Waals surface area contributed by atoms with E-state index in [4.69, 9.17) is 0 Å². The van der Waals surface area contributed by atoms with Crippen molar-refractivity contribution < 1.29 is 15.0 Å². The van der Waals surface area contributed by atoms with Crippen LogP contribution in [-0.2, 0) is 11.2 Å². The maximum Gasteiger partial charge on any atom is 0.327 e. The van der Waals surface area contributed by atoms with Crippen LogP contribution in [0.5, 0.6) is 5.75 Å². The number of pyridine rings is 1. The summed E-state index contributed by atoms with van der Waals surface area (Å²) in [5, 5.41) is 22.3. The Hall–Kier alpha value is -3.54. The number of para-hydroxylation sites is 1. The van der Waals surface area contributed by atoms with Crippen molar-refractivity contribution in [1.82, 2.24) is 9.55 Å². The molecule has 2 aromatic carbocycles. The summed E-state index contributed by atoms with van der Waals surface area (Å²) in [7, 11) is 0. The van der Waals surface area contributed by atoms with Crippen LogP contribution < -0.4 is 5.56 Å². The van der Waals surface area contributed by atoms with Gasteiger partial charge in [-0.05, 0) is 17.7 Å². The highest BCUT2D eigenvalue weighted by molar-refractivity contribution is 5.98. The summed E-state index contributed by atoms with van der Waals surface area (Å²) in [5.74, 6) is -1.18. The van der Waals surface area contributed by atoms with Crippen LogP contribution >= 0.6 is 0 Å². The molecule has 0 saturated heterocycles. The van der Waals surface area contributed by atoms with Crippen LogP contribution in [-0.4, -0.2) is 25.7 Å². The monoisotopic (exact) mass is 346 g/mol. The van der Waals surface area contributed by atoms with E-state index in [1.807, 2.05) is 24.3 Å². The van der Waals surface area contributed by atoms with Gasteiger partial charge in [0, 0.05) is 22.7 Å². The van der Waals surface area contributed by atoms with Gasteiger partial charge in [0.15, 0.2) is 0 Å². The molecule has 0 fully saturated rings. The zero-order valence-corrected chi connectivity index (χ0v) is 13.6. The first-order chi connectivity index (χ1) is 12.6. The second kappa shape index (κ2) is 4.98. The number of benzene rings is 2. The average Bonchev–Trinajstić information content (AvgIpc) is 3.03. The Bertz CT molecular complexity index is 1280. The van der Waals surface area contributed by atoms with Crippen LogP contribution in [0.4, 0.5) is 0 Å². The summed E-state index contributed by atoms with van der Waals surface area (Å²) in [5.41, 5.74) is 2.07. The predicted octanol–water partition coefficient (Wildman–Crippen LogP) is 3.04. The van der Waals surface area contributed by atoms with Crippen molar-refractivity contribution in [1.29, 1.82) is 0 Å². The molecule has 1 aliphatic heterocycles. The molecule has 1 unspecified atom stereocenters. The van der Waals surface area contributed by atoms with Crippen molar-refractivity contribution in [2.24, 2.45) is 0 Å². The van der Waals surface area contributed by atoms with Crippen molar-refractivity contribution in [3.05, 3.63) is 64.4 Å². The van der Waals surface area contributed by atoms with E-state index >= 15 is 0 Å². The van der Waals surface area contributed by atoms with Crippen LogP contribution in [0, 0.1) is 0 Å². The lowest BCUT2D eigenvalue weighted by molar-refractivity contribution is -0.141. The molecule has 3 N–H and O–H groups in total. The minimum absolute atomic E-state index is 0.0843. The van der Waals surface area contributed by atoms with Gasteiger partial charge in [-0.3, -0.25) is 9.36 Å². The number of carboxylic acids is 1. The normalized spacial score (nSPS) is 15.8. The average molecular weight is 346 g/mol. The third-order valence-corrected chi connectivity index (χ3v) is 5.14. The molecule has 26 heavy (non-hydrogen) atoms. The van der Waals surface area contributed by atoms with E-state index in [9.17, 15) is 19.8 Å². The van der Waals surface area contributed by atoms with Gasteiger partial charge < -0.3 is 15.2 Å². The third kappa shape index (κ3) is 1.75. The Morgan fingerprint density at radius 1 is 1.04 bits per heavy atom. The molecule has 0 saturated carbocycles. The van der Waals surface area contributed by atoms with E-state index in [1.165, 1.54) is 4.57 Å². The minimum Gasteiger partial charge on any atom is -0.505 e. The summed E-state index contributed by atoms with van der Waals surface area (Å²) < 4.78 is 1.21. The number of hydrogen-bond donors (Lipinski definition) is 3. The van der Waals surface area contributed by atoms with Gasteiger partial charge in [0.2, 0.25) is 0 Å². The molecule has 6 nitrogen and oxygen atoms in total. The van der Waals surface area contributed by atoms with Crippen molar-refractivity contribution in [2.45, 2.75) is 12.5 Å². The molecule has 0 spiro atoms. The largest absolute Gasteiger partial charge is 0.505 e. The van der Waals surface area contributed by atoms with Crippen molar-refractivity contribution >= 4 is 27.6 Å². The zero-order chi connectivity index (χ0) is 18.0. The van der Waals surface area contributed by atoms with E-state index in [2.05, 4.69) is 4.98 Å². The van der Waals surface area contributed by atoms with Gasteiger partial charge in [-0.25, -0.2) is 4.79 Å². The van der Waals surface area contributed by atoms with Gasteiger partial charge in [-0.1, -0.05) is 36.4 Å². The molecule has 1 aliphatic rings. The molecule has 128 valence electrons. The number of carbonyl (C=O) groups is 1. The smallest absolute Gasteiger partial charge is 0.327 e. The molecule has 6 heteroatoms. The molecular weight excluding hydrogens is 332 g/mol. The lowest BCUT2D eigenvalue weighted by Gasteiger charge is -2.26. The predicted molar refractivity (Wildman–Crippen MR) is 97.5 cm³/mol. The van der Waals surface area contributed by atoms with Crippen molar-refractivity contribution in [3.63, 3.8) is 0 Å². The number of aliphatic carboxylic acids is 1. The van der Waals surface area contributed by atoms with Crippen LogP contribution in [0.15, 0.2) is 53.3 Å². The number of rotatable bonds is 1. The van der Waals surface area contributed by atoms with Gasteiger partial charge >= 0.3 is 5.97 Å². The Morgan fingerprint density at radius 3 is 2.42 bits per heavy atom. The molecule has 5 rings (SSSR count). The fourth-order valence-corrected chi connectivity index (χ4v) is 3.98. The summed E-state index contributed by atoms with van der Waals surface area (Å²) in [6.07, 6.45) is 0.180. The van der Waals surface area contributed by atoms with E-state index in [-0.39, 0.29) is 17.9 Å². The zero-order valence-electron chi connectivity index (χ0n) is 13.6. The Labute approximate surface area is 146 Å². The second-order valence-electron chi connectivity index (χ2n) is 6.50. The van der Waals surface area contributed by atoms with Crippen LogP contribution in [0.25, 0.3) is 33.1 Å². The maximum absolute atomic E-state index is 13.0. The SMILES string of the molecule is O=C(O)C1Cc2c([nH]c3ccccc23)-c2c(O)c3ccccc3c(=O)n21. The van der Waals surface area contributed by atoms with Crippen LogP contribution in [0.1, 0.15) is 11.6 Å². The second-order valence-corrected chi connectivity index (χ2v) is 6.50. The van der Waals surface area contributed by atoms with Gasteiger partial charge in [0.1, 0.15) is 17.5 Å². The quantitative estimate of drug-likeness (QED) is 0.494. The van der Waals surface area contributed by atoms with Crippen molar-refractivity contribution in [2.75, 3.05) is 0 Å². The molecule has 2 aromatic heterocycles. The standard InChI is InChI=1S/C20H14N2O4/c23-18-11-6-1-2-7-12(11)19(24)22-15(20(25)26)9-13-10-5-3-4-8-14(10)21-16(13)17(18)22/h1-8,15,21,23H,9H2,(H,25,26). The molecule has 0 bridgehead atoms. The topological polar surface area (TPSA) is 95.3 Å². The van der Waals surface area contributed by atoms with E-state index in [0.29, 0.717) is 16.5 Å². The number of aromatic hydroxyl groups is 1. The first-order valence-electron chi connectivity index (χ1n) is 8.27. The lowest BCUT2D eigenvalue weighted by Crippen LogP contribution is -2.35. The highest BCUT2D eigenvalue weighted by Gasteiger charge is 2.35. The highest BCUT2D eigenvalue weighted by atomic mass is 16.4. The number of aromatic nitrogens is 2. The lowest BCUT2D eigenvalue weighted by atomic mass is 9.94. The Morgan fingerprint density at radius 2 is 1.69 bits per heavy atom. The fraction of sp³-hybridized carbons (Fsp3) is 0.100. The first-order valence-corrected chi connectivity index (χ1v) is 8.27. The van der Waals surface area contributed by atoms with Gasteiger partial charge in [0.05, 0.1) is 11.1 Å². The molecule has 3 heterocycles. The number of nitrogens with one attached hydrogen (secondary N) is 1. The Balaban J connectivity index is 2.00. The van der Waals surface area contributed by atoms with E-state index in [0.717, 1.165) is 16.5 Å². The number of H-pyrrole nitrogens is 1. The van der Waals surface area contributed by atoms with E-state index < -0.39 is 17.6 Å². The number of nitrogens with zero attached hydrogens (tertiary/aromatic N) is 1. The summed E-state index contributed by atoms with van der Waals surface area (Å²) in [6.45, 7) is 0. The van der Waals surface area contributed by atoms with Crippen molar-refractivity contribution in [3.8, 4) is 17.1 Å². The number of hydrogen-bond acceptors (Lipinski definition) is 3. The highest BCUT2D eigenvalue weighted by Crippen LogP contribution is 2.43. The molecule has 0 radical (unpaired) electrons. The van der Waals surface area contributed by atoms with Crippen LogP contribution in [0.2, 0.25) is 0 Å². The molecular formula is C20H14N2O4. The minimum atomic E-state index is -1.10.